The maximum atomic E-state index is 12.3. The Balaban J connectivity index is 1.81. The summed E-state index contributed by atoms with van der Waals surface area (Å²) < 4.78 is 16.0. The molecule has 0 amide bonds. The van der Waals surface area contributed by atoms with Crippen molar-refractivity contribution in [1.29, 1.82) is 0 Å². The molecule has 0 spiro atoms. The average molecular weight is 364 g/mol. The topological polar surface area (TPSA) is 87.9 Å². The first-order chi connectivity index (χ1) is 12.0. The minimum absolute atomic E-state index is 0.0656. The Labute approximate surface area is 148 Å². The lowest BCUT2D eigenvalue weighted by molar-refractivity contribution is -0.385. The van der Waals surface area contributed by atoms with Crippen LogP contribution in [0.1, 0.15) is 27.0 Å². The zero-order valence-corrected chi connectivity index (χ0v) is 14.0. The van der Waals surface area contributed by atoms with Crippen molar-refractivity contribution in [1.82, 2.24) is 0 Å². The minimum atomic E-state index is -0.651. The summed E-state index contributed by atoms with van der Waals surface area (Å²) in [6, 6.07) is 7.66. The highest BCUT2D eigenvalue weighted by Crippen LogP contribution is 2.32. The van der Waals surface area contributed by atoms with E-state index < -0.39 is 10.9 Å². The third-order valence-electron chi connectivity index (χ3n) is 3.83. The predicted octanol–water partition coefficient (Wildman–Crippen LogP) is 3.78. The van der Waals surface area contributed by atoms with E-state index in [1.165, 1.54) is 25.1 Å². The molecule has 0 aliphatic carbocycles. The number of nitrogens with zero attached hydrogens (tertiary/aromatic N) is 1. The molecule has 0 aromatic heterocycles. The van der Waals surface area contributed by atoms with E-state index >= 15 is 0 Å². The summed E-state index contributed by atoms with van der Waals surface area (Å²) in [7, 11) is 0. The number of carbonyl (C=O) groups excluding carboxylic acids is 1. The van der Waals surface area contributed by atoms with Crippen LogP contribution in [0.5, 0.6) is 5.75 Å². The van der Waals surface area contributed by atoms with Gasteiger partial charge in [0, 0.05) is 27.8 Å². The average Bonchev–Trinajstić information content (AvgIpc) is 2.59. The van der Waals surface area contributed by atoms with Gasteiger partial charge in [0.2, 0.25) is 0 Å². The Kier molecular flexibility index (Phi) is 4.87. The second-order valence-electron chi connectivity index (χ2n) is 5.45. The lowest BCUT2D eigenvalue weighted by Gasteiger charge is -2.21. The Morgan fingerprint density at radius 3 is 2.96 bits per heavy atom. The quantitative estimate of drug-likeness (QED) is 0.466. The number of hydrogen-bond donors (Lipinski definition) is 0. The van der Waals surface area contributed by atoms with Gasteiger partial charge in [0.05, 0.1) is 17.1 Å². The summed E-state index contributed by atoms with van der Waals surface area (Å²) in [6.45, 7) is 1.92. The molecule has 0 radical (unpaired) electrons. The third-order valence-corrected chi connectivity index (χ3v) is 4.05. The summed E-state index contributed by atoms with van der Waals surface area (Å²) in [4.78, 5) is 22.8. The van der Waals surface area contributed by atoms with Gasteiger partial charge < -0.3 is 14.2 Å². The number of rotatable bonds is 4. The van der Waals surface area contributed by atoms with Crippen LogP contribution in [0.3, 0.4) is 0 Å². The summed E-state index contributed by atoms with van der Waals surface area (Å²) in [6.07, 6.45) is 0. The fourth-order valence-corrected chi connectivity index (χ4v) is 2.89. The fraction of sp³-hybridized carbons (Fsp3) is 0.235. The maximum absolute atomic E-state index is 12.3. The Morgan fingerprint density at radius 2 is 2.20 bits per heavy atom. The number of benzene rings is 2. The van der Waals surface area contributed by atoms with Gasteiger partial charge in [0.25, 0.3) is 5.69 Å². The van der Waals surface area contributed by atoms with Crippen LogP contribution >= 0.6 is 11.6 Å². The Hall–Kier alpha value is -2.64. The van der Waals surface area contributed by atoms with Gasteiger partial charge in [-0.25, -0.2) is 4.79 Å². The molecular formula is C17H14ClNO6. The van der Waals surface area contributed by atoms with Gasteiger partial charge in [-0.05, 0) is 25.1 Å². The van der Waals surface area contributed by atoms with Crippen molar-refractivity contribution in [3.05, 3.63) is 67.7 Å². The molecule has 7 nitrogen and oxygen atoms in total. The van der Waals surface area contributed by atoms with E-state index in [-0.39, 0.29) is 30.2 Å². The molecule has 0 saturated heterocycles. The van der Waals surface area contributed by atoms with Gasteiger partial charge in [0.1, 0.15) is 12.4 Å². The van der Waals surface area contributed by atoms with Crippen LogP contribution in [-0.2, 0) is 22.7 Å². The number of hydrogen-bond acceptors (Lipinski definition) is 6. The van der Waals surface area contributed by atoms with Crippen molar-refractivity contribution in [3.8, 4) is 5.75 Å². The van der Waals surface area contributed by atoms with Gasteiger partial charge in [-0.1, -0.05) is 17.7 Å². The molecule has 0 atom stereocenters. The van der Waals surface area contributed by atoms with Gasteiger partial charge in [-0.3, -0.25) is 10.1 Å². The van der Waals surface area contributed by atoms with E-state index in [1.54, 1.807) is 12.1 Å². The van der Waals surface area contributed by atoms with Crippen molar-refractivity contribution in [2.24, 2.45) is 0 Å². The van der Waals surface area contributed by atoms with Crippen LogP contribution in [0.15, 0.2) is 30.3 Å². The molecule has 0 unspecified atom stereocenters. The number of nitro groups is 1. The first kappa shape index (κ1) is 17.2. The SMILES string of the molecule is Cc1c(C(=O)OCc2cc(Cl)cc3c2OCOC3)cccc1[N+](=O)[O-]. The van der Waals surface area contributed by atoms with E-state index in [2.05, 4.69) is 0 Å². The molecule has 0 saturated carbocycles. The van der Waals surface area contributed by atoms with Crippen LogP contribution in [-0.4, -0.2) is 17.7 Å². The highest BCUT2D eigenvalue weighted by Gasteiger charge is 2.21. The number of halogens is 1. The first-order valence-corrected chi connectivity index (χ1v) is 7.78. The lowest BCUT2D eigenvalue weighted by Crippen LogP contribution is -2.14. The molecule has 1 aliphatic heterocycles. The fourth-order valence-electron chi connectivity index (χ4n) is 2.63. The standard InChI is InChI=1S/C17H14ClNO6/c1-10-14(3-2-4-15(10)19(21)22)17(20)24-8-12-6-13(18)5-11-7-23-9-25-16(11)12/h2-6H,7-9H2,1H3. The van der Waals surface area contributed by atoms with Crippen LogP contribution in [0.4, 0.5) is 5.69 Å². The van der Waals surface area contributed by atoms with Crippen molar-refractivity contribution in [2.75, 3.05) is 6.79 Å². The van der Waals surface area contributed by atoms with Crippen LogP contribution in [0.2, 0.25) is 5.02 Å². The molecule has 130 valence electrons. The maximum Gasteiger partial charge on any atom is 0.338 e. The van der Waals surface area contributed by atoms with E-state index in [0.29, 0.717) is 22.9 Å². The van der Waals surface area contributed by atoms with Crippen molar-refractivity contribution in [3.63, 3.8) is 0 Å². The molecule has 25 heavy (non-hydrogen) atoms. The summed E-state index contributed by atoms with van der Waals surface area (Å²) >= 11 is 6.07. The Bertz CT molecular complexity index is 851. The predicted molar refractivity (Wildman–Crippen MR) is 88.7 cm³/mol. The largest absolute Gasteiger partial charge is 0.467 e. The molecule has 3 rings (SSSR count). The van der Waals surface area contributed by atoms with Gasteiger partial charge in [-0.2, -0.15) is 0 Å². The normalized spacial score (nSPS) is 12.9. The highest BCUT2D eigenvalue weighted by molar-refractivity contribution is 6.30. The van der Waals surface area contributed by atoms with Crippen LogP contribution < -0.4 is 4.74 Å². The van der Waals surface area contributed by atoms with Crippen LogP contribution in [0.25, 0.3) is 0 Å². The van der Waals surface area contributed by atoms with Crippen LogP contribution in [0, 0.1) is 17.0 Å². The zero-order valence-electron chi connectivity index (χ0n) is 13.3. The number of ether oxygens (including phenoxy) is 3. The lowest BCUT2D eigenvalue weighted by atomic mass is 10.1. The van der Waals surface area contributed by atoms with E-state index in [9.17, 15) is 14.9 Å². The van der Waals surface area contributed by atoms with Gasteiger partial charge in [0.15, 0.2) is 6.79 Å². The molecule has 1 aliphatic rings. The van der Waals surface area contributed by atoms with Crippen molar-refractivity contribution in [2.45, 2.75) is 20.1 Å². The summed E-state index contributed by atoms with van der Waals surface area (Å²) in [5.41, 5.74) is 1.67. The molecule has 2 aromatic carbocycles. The molecule has 2 aromatic rings. The molecule has 0 bridgehead atoms. The van der Waals surface area contributed by atoms with E-state index in [0.717, 1.165) is 5.56 Å². The molecular weight excluding hydrogens is 350 g/mol. The molecule has 8 heteroatoms. The summed E-state index contributed by atoms with van der Waals surface area (Å²) in [5, 5.41) is 11.5. The van der Waals surface area contributed by atoms with Crippen molar-refractivity contribution < 1.29 is 23.9 Å². The number of nitro benzene ring substituents is 1. The van der Waals surface area contributed by atoms with Crippen molar-refractivity contribution >= 4 is 23.3 Å². The summed E-state index contributed by atoms with van der Waals surface area (Å²) in [5.74, 6) is -0.0683. The van der Waals surface area contributed by atoms with Gasteiger partial charge >= 0.3 is 5.97 Å². The van der Waals surface area contributed by atoms with E-state index in [4.69, 9.17) is 25.8 Å². The third kappa shape index (κ3) is 3.57. The monoisotopic (exact) mass is 363 g/mol. The number of fused-ring (bicyclic) bond motifs is 1. The zero-order chi connectivity index (χ0) is 18.0. The molecule has 0 fully saturated rings. The second-order valence-corrected chi connectivity index (χ2v) is 5.88. The number of esters is 1. The second kappa shape index (κ2) is 7.08. The Morgan fingerprint density at radius 1 is 1.40 bits per heavy atom. The minimum Gasteiger partial charge on any atom is -0.467 e. The molecule has 1 heterocycles. The smallest absolute Gasteiger partial charge is 0.338 e. The molecule has 0 N–H and O–H groups in total. The number of carbonyl (C=O) groups is 1. The first-order valence-electron chi connectivity index (χ1n) is 7.40. The van der Waals surface area contributed by atoms with E-state index in [1.807, 2.05) is 0 Å². The van der Waals surface area contributed by atoms with Gasteiger partial charge in [-0.15, -0.1) is 0 Å². The highest BCUT2D eigenvalue weighted by atomic mass is 35.5.